The molecule has 1 atom stereocenters. The zero-order valence-corrected chi connectivity index (χ0v) is 11.6. The summed E-state index contributed by atoms with van der Waals surface area (Å²) >= 11 is 0. The van der Waals surface area contributed by atoms with Gasteiger partial charge < -0.3 is 15.7 Å². The van der Waals surface area contributed by atoms with Crippen LogP contribution in [0.3, 0.4) is 0 Å². The zero-order valence-electron chi connectivity index (χ0n) is 11.6. The topological polar surface area (TPSA) is 98.7 Å². The maximum atomic E-state index is 12.1. The van der Waals surface area contributed by atoms with Crippen molar-refractivity contribution < 1.29 is 19.5 Å². The Kier molecular flexibility index (Phi) is 4.42. The fraction of sp³-hybridized carbons (Fsp3) is 0.357. The second kappa shape index (κ2) is 6.25. The third kappa shape index (κ3) is 3.13. The number of aliphatic carboxylic acids is 1. The zero-order chi connectivity index (χ0) is 15.4. The number of carboxylic acid groups (broad SMARTS) is 1. The predicted octanol–water partition coefficient (Wildman–Crippen LogP) is 0.521. The molecule has 0 spiro atoms. The quantitative estimate of drug-likeness (QED) is 0.756. The van der Waals surface area contributed by atoms with Gasteiger partial charge in [-0.15, -0.1) is 0 Å². The fourth-order valence-corrected chi connectivity index (χ4v) is 2.37. The molecule has 0 aromatic heterocycles. The molecule has 21 heavy (non-hydrogen) atoms. The minimum absolute atomic E-state index is 0.115. The highest BCUT2D eigenvalue weighted by atomic mass is 16.4. The lowest BCUT2D eigenvalue weighted by Crippen LogP contribution is -2.46. The Labute approximate surface area is 121 Å². The number of amides is 3. The van der Waals surface area contributed by atoms with E-state index in [-0.39, 0.29) is 12.5 Å². The molecule has 2 rings (SSSR count). The van der Waals surface area contributed by atoms with E-state index in [1.165, 1.54) is 11.9 Å². The van der Waals surface area contributed by atoms with E-state index in [4.69, 9.17) is 0 Å². The average Bonchev–Trinajstić information content (AvgIpc) is 2.50. The Balaban J connectivity index is 2.19. The SMILES string of the molecule is CNC(=O)CNC(=O)N1CCC(C(=O)O)c2ccccc21. The molecule has 7 nitrogen and oxygen atoms in total. The number of para-hydroxylation sites is 1. The number of rotatable bonds is 3. The van der Waals surface area contributed by atoms with Crippen LogP contribution in [-0.4, -0.2) is 43.2 Å². The Morgan fingerprint density at radius 3 is 2.71 bits per heavy atom. The van der Waals surface area contributed by atoms with E-state index < -0.39 is 17.9 Å². The molecule has 0 fully saturated rings. The largest absolute Gasteiger partial charge is 0.481 e. The van der Waals surface area contributed by atoms with Crippen molar-refractivity contribution in [3.8, 4) is 0 Å². The highest BCUT2D eigenvalue weighted by molar-refractivity contribution is 5.97. The number of nitrogens with one attached hydrogen (secondary N) is 2. The molecular weight excluding hydrogens is 274 g/mol. The number of carboxylic acids is 1. The van der Waals surface area contributed by atoms with Gasteiger partial charge >= 0.3 is 12.0 Å². The lowest BCUT2D eigenvalue weighted by molar-refractivity contribution is -0.139. The van der Waals surface area contributed by atoms with Crippen LogP contribution < -0.4 is 15.5 Å². The summed E-state index contributed by atoms with van der Waals surface area (Å²) in [6.07, 6.45) is 0.347. The first kappa shape index (κ1) is 14.8. The van der Waals surface area contributed by atoms with E-state index >= 15 is 0 Å². The van der Waals surface area contributed by atoms with Gasteiger partial charge in [0.1, 0.15) is 0 Å². The number of carbonyl (C=O) groups excluding carboxylic acids is 2. The highest BCUT2D eigenvalue weighted by Gasteiger charge is 2.32. The Morgan fingerprint density at radius 2 is 2.05 bits per heavy atom. The lowest BCUT2D eigenvalue weighted by Gasteiger charge is -2.32. The van der Waals surface area contributed by atoms with Crippen LogP contribution in [0.5, 0.6) is 0 Å². The van der Waals surface area contributed by atoms with Crippen LogP contribution in [0, 0.1) is 0 Å². The second-order valence-corrected chi connectivity index (χ2v) is 4.72. The molecule has 0 radical (unpaired) electrons. The van der Waals surface area contributed by atoms with Gasteiger partial charge in [-0.05, 0) is 18.1 Å². The van der Waals surface area contributed by atoms with Crippen molar-refractivity contribution in [2.45, 2.75) is 12.3 Å². The third-order valence-corrected chi connectivity index (χ3v) is 3.47. The van der Waals surface area contributed by atoms with E-state index in [1.807, 2.05) is 0 Å². The number of benzene rings is 1. The molecular formula is C14H17N3O4. The number of likely N-dealkylation sites (N-methyl/N-ethyl adjacent to an activating group) is 1. The van der Waals surface area contributed by atoms with Gasteiger partial charge in [0.05, 0.1) is 12.5 Å². The van der Waals surface area contributed by atoms with Crippen LogP contribution in [-0.2, 0) is 9.59 Å². The standard InChI is InChI=1S/C14H17N3O4/c1-15-12(18)8-16-14(21)17-7-6-10(13(19)20)9-4-2-3-5-11(9)17/h2-5,10H,6-8H2,1H3,(H,15,18)(H,16,21)(H,19,20). The normalized spacial score (nSPS) is 16.8. The Morgan fingerprint density at radius 1 is 1.33 bits per heavy atom. The van der Waals surface area contributed by atoms with Gasteiger partial charge in [-0.3, -0.25) is 14.5 Å². The van der Waals surface area contributed by atoms with Gasteiger partial charge in [-0.1, -0.05) is 18.2 Å². The van der Waals surface area contributed by atoms with Gasteiger partial charge in [0.2, 0.25) is 5.91 Å². The first-order valence-corrected chi connectivity index (χ1v) is 6.62. The van der Waals surface area contributed by atoms with Crippen molar-refractivity contribution in [3.63, 3.8) is 0 Å². The summed E-state index contributed by atoms with van der Waals surface area (Å²) < 4.78 is 0. The molecule has 112 valence electrons. The molecule has 3 amide bonds. The number of anilines is 1. The number of hydrogen-bond donors (Lipinski definition) is 3. The summed E-state index contributed by atoms with van der Waals surface area (Å²) in [4.78, 5) is 36.1. The maximum Gasteiger partial charge on any atom is 0.322 e. The van der Waals surface area contributed by atoms with Crippen LogP contribution in [0.2, 0.25) is 0 Å². The minimum Gasteiger partial charge on any atom is -0.481 e. The Hall–Kier alpha value is -2.57. The molecule has 1 aliphatic rings. The van der Waals surface area contributed by atoms with Crippen molar-refractivity contribution in [1.29, 1.82) is 0 Å². The van der Waals surface area contributed by atoms with E-state index in [2.05, 4.69) is 10.6 Å². The van der Waals surface area contributed by atoms with Crippen molar-refractivity contribution in [1.82, 2.24) is 10.6 Å². The fourth-order valence-electron chi connectivity index (χ4n) is 2.37. The first-order chi connectivity index (χ1) is 10.0. The van der Waals surface area contributed by atoms with Crippen LogP contribution in [0.15, 0.2) is 24.3 Å². The van der Waals surface area contributed by atoms with Crippen molar-refractivity contribution in [2.75, 3.05) is 25.0 Å². The van der Waals surface area contributed by atoms with Crippen molar-refractivity contribution >= 4 is 23.6 Å². The number of hydrogen-bond acceptors (Lipinski definition) is 3. The highest BCUT2D eigenvalue weighted by Crippen LogP contribution is 2.35. The first-order valence-electron chi connectivity index (χ1n) is 6.62. The number of carbonyl (C=O) groups is 3. The van der Waals surface area contributed by atoms with Gasteiger partial charge in [0.25, 0.3) is 0 Å². The lowest BCUT2D eigenvalue weighted by atomic mass is 9.90. The number of nitrogens with zero attached hydrogens (tertiary/aromatic N) is 1. The molecule has 0 bridgehead atoms. The molecule has 3 N–H and O–H groups in total. The minimum atomic E-state index is -0.895. The molecule has 1 aliphatic heterocycles. The molecule has 1 heterocycles. The maximum absolute atomic E-state index is 12.1. The Bertz CT molecular complexity index is 573. The van der Waals surface area contributed by atoms with Gasteiger partial charge in [-0.2, -0.15) is 0 Å². The summed E-state index contributed by atoms with van der Waals surface area (Å²) in [5.41, 5.74) is 1.19. The summed E-state index contributed by atoms with van der Waals surface area (Å²) in [6.45, 7) is 0.184. The molecule has 0 saturated carbocycles. The summed E-state index contributed by atoms with van der Waals surface area (Å²) in [5.74, 6) is -1.80. The van der Waals surface area contributed by atoms with Gasteiger partial charge in [0.15, 0.2) is 0 Å². The molecule has 0 aliphatic carbocycles. The van der Waals surface area contributed by atoms with Crippen LogP contribution in [0.1, 0.15) is 17.9 Å². The number of fused-ring (bicyclic) bond motifs is 1. The van der Waals surface area contributed by atoms with Crippen LogP contribution in [0.4, 0.5) is 10.5 Å². The predicted molar refractivity (Wildman–Crippen MR) is 76.2 cm³/mol. The molecule has 1 aromatic carbocycles. The summed E-state index contributed by atoms with van der Waals surface area (Å²) in [6, 6.07) is 6.52. The second-order valence-electron chi connectivity index (χ2n) is 4.72. The van der Waals surface area contributed by atoms with E-state index in [0.29, 0.717) is 24.2 Å². The van der Waals surface area contributed by atoms with Gasteiger partial charge in [-0.25, -0.2) is 4.79 Å². The van der Waals surface area contributed by atoms with Crippen LogP contribution >= 0.6 is 0 Å². The third-order valence-electron chi connectivity index (χ3n) is 3.47. The van der Waals surface area contributed by atoms with Crippen molar-refractivity contribution in [2.24, 2.45) is 0 Å². The molecule has 1 unspecified atom stereocenters. The van der Waals surface area contributed by atoms with Crippen LogP contribution in [0.25, 0.3) is 0 Å². The van der Waals surface area contributed by atoms with E-state index in [9.17, 15) is 19.5 Å². The summed E-state index contributed by atoms with van der Waals surface area (Å²) in [5, 5.41) is 14.2. The van der Waals surface area contributed by atoms with E-state index in [1.54, 1.807) is 24.3 Å². The average molecular weight is 291 g/mol. The smallest absolute Gasteiger partial charge is 0.322 e. The van der Waals surface area contributed by atoms with Crippen molar-refractivity contribution in [3.05, 3.63) is 29.8 Å². The molecule has 7 heteroatoms. The number of urea groups is 1. The van der Waals surface area contributed by atoms with E-state index in [0.717, 1.165) is 0 Å². The summed E-state index contributed by atoms with van der Waals surface area (Å²) in [7, 11) is 1.49. The monoisotopic (exact) mass is 291 g/mol. The molecule has 0 saturated heterocycles. The van der Waals surface area contributed by atoms with Gasteiger partial charge in [0, 0.05) is 19.3 Å². The molecule has 1 aromatic rings.